The summed E-state index contributed by atoms with van der Waals surface area (Å²) in [6.07, 6.45) is 1.41. The van der Waals surface area contributed by atoms with Crippen LogP contribution in [0.2, 0.25) is 10.0 Å². The number of ether oxygens (including phenoxy) is 2. The number of esters is 1. The highest BCUT2D eigenvalue weighted by Crippen LogP contribution is 2.35. The molecule has 0 aromatic heterocycles. The maximum atomic E-state index is 12.4. The molecule has 156 valence electrons. The molecule has 3 amide bonds. The van der Waals surface area contributed by atoms with E-state index in [1.54, 1.807) is 12.1 Å². The van der Waals surface area contributed by atoms with Crippen molar-refractivity contribution in [2.45, 2.75) is 6.61 Å². The van der Waals surface area contributed by atoms with Gasteiger partial charge in [-0.3, -0.25) is 9.59 Å². The van der Waals surface area contributed by atoms with Crippen molar-refractivity contribution in [3.8, 4) is 5.75 Å². The van der Waals surface area contributed by atoms with Gasteiger partial charge in [0.05, 0.1) is 17.2 Å². The number of hydrogen-bond acceptors (Lipinski definition) is 5. The molecular weight excluding hydrogens is 546 g/mol. The summed E-state index contributed by atoms with van der Waals surface area (Å²) >= 11 is 14.8. The summed E-state index contributed by atoms with van der Waals surface area (Å²) in [6.45, 7) is -0.195. The van der Waals surface area contributed by atoms with Gasteiger partial charge in [-0.25, -0.2) is 9.69 Å². The Morgan fingerprint density at radius 2 is 1.80 bits per heavy atom. The highest BCUT2D eigenvalue weighted by atomic mass is 127. The summed E-state index contributed by atoms with van der Waals surface area (Å²) in [5, 5.41) is 2.91. The molecule has 0 aliphatic carbocycles. The first kappa shape index (κ1) is 22.4. The second-order valence-electron chi connectivity index (χ2n) is 6.18. The third-order valence-electron chi connectivity index (χ3n) is 4.11. The Bertz CT molecular complexity index is 1020. The van der Waals surface area contributed by atoms with Crippen molar-refractivity contribution in [1.82, 2.24) is 10.2 Å². The average Bonchev–Trinajstić information content (AvgIpc) is 2.96. The molecule has 30 heavy (non-hydrogen) atoms. The Morgan fingerprint density at radius 1 is 1.17 bits per heavy atom. The molecule has 10 heteroatoms. The van der Waals surface area contributed by atoms with Crippen LogP contribution in [0, 0.1) is 3.57 Å². The number of carbonyl (C=O) groups excluding carboxylic acids is 3. The van der Waals surface area contributed by atoms with Gasteiger partial charge in [0.15, 0.2) is 5.75 Å². The fourth-order valence-corrected chi connectivity index (χ4v) is 3.59. The van der Waals surface area contributed by atoms with E-state index in [1.165, 1.54) is 13.2 Å². The first-order chi connectivity index (χ1) is 14.3. The quantitative estimate of drug-likeness (QED) is 0.247. The largest absolute Gasteiger partial charge is 0.486 e. The maximum Gasteiger partial charge on any atom is 0.329 e. The Hall–Kier alpha value is -2.30. The van der Waals surface area contributed by atoms with E-state index in [4.69, 9.17) is 27.9 Å². The predicted molar refractivity (Wildman–Crippen MR) is 120 cm³/mol. The second kappa shape index (κ2) is 9.67. The van der Waals surface area contributed by atoms with Gasteiger partial charge < -0.3 is 14.8 Å². The van der Waals surface area contributed by atoms with E-state index in [2.05, 4.69) is 32.6 Å². The van der Waals surface area contributed by atoms with Crippen molar-refractivity contribution in [3.05, 3.63) is 66.8 Å². The molecule has 1 fully saturated rings. The molecule has 7 nitrogen and oxygen atoms in total. The number of amides is 3. The molecule has 0 saturated carbocycles. The molecule has 0 unspecified atom stereocenters. The smallest absolute Gasteiger partial charge is 0.329 e. The van der Waals surface area contributed by atoms with Gasteiger partial charge in [-0.1, -0.05) is 35.3 Å². The molecular formula is C20H15Cl2IN2O5. The monoisotopic (exact) mass is 560 g/mol. The number of imide groups is 1. The molecule has 0 radical (unpaired) electrons. The third-order valence-corrected chi connectivity index (χ3v) is 5.39. The Morgan fingerprint density at radius 3 is 2.40 bits per heavy atom. The fraction of sp³-hybridized carbons (Fsp3) is 0.150. The van der Waals surface area contributed by atoms with E-state index in [-0.39, 0.29) is 22.3 Å². The van der Waals surface area contributed by atoms with Gasteiger partial charge in [0.2, 0.25) is 0 Å². The SMILES string of the molecule is COC(=O)CN1C(=O)N/C(=C/c2cc(Cl)c(OCc3ccc(I)cc3)c(Cl)c2)C1=O. The molecule has 2 aromatic rings. The normalized spacial score (nSPS) is 14.8. The first-order valence-electron chi connectivity index (χ1n) is 8.56. The zero-order chi connectivity index (χ0) is 21.8. The van der Waals surface area contributed by atoms with Gasteiger partial charge in [-0.15, -0.1) is 0 Å². The van der Waals surface area contributed by atoms with Crippen molar-refractivity contribution in [3.63, 3.8) is 0 Å². The van der Waals surface area contributed by atoms with Gasteiger partial charge in [-0.05, 0) is 64.1 Å². The second-order valence-corrected chi connectivity index (χ2v) is 8.24. The van der Waals surface area contributed by atoms with Gasteiger partial charge in [-0.2, -0.15) is 0 Å². The molecule has 1 aliphatic rings. The standard InChI is InChI=1S/C20H15Cl2IN2O5/c1-29-17(26)9-25-19(27)16(24-20(25)28)8-12-6-14(21)18(15(22)7-12)30-10-11-2-4-13(23)5-3-11/h2-8H,9-10H2,1H3,(H,24,28)/b16-8+. The van der Waals surface area contributed by atoms with Crippen molar-refractivity contribution in [1.29, 1.82) is 0 Å². The molecule has 3 rings (SSSR count). The van der Waals surface area contributed by atoms with Crippen LogP contribution in [0.3, 0.4) is 0 Å². The van der Waals surface area contributed by atoms with Crippen molar-refractivity contribution >= 4 is 69.8 Å². The van der Waals surface area contributed by atoms with Gasteiger partial charge in [0.1, 0.15) is 18.8 Å². The van der Waals surface area contributed by atoms with E-state index in [1.807, 2.05) is 24.3 Å². The van der Waals surface area contributed by atoms with Gasteiger partial charge in [0, 0.05) is 3.57 Å². The number of carbonyl (C=O) groups is 3. The summed E-state index contributed by atoms with van der Waals surface area (Å²) < 4.78 is 11.3. The number of urea groups is 1. The zero-order valence-corrected chi connectivity index (χ0v) is 19.2. The van der Waals surface area contributed by atoms with Crippen LogP contribution in [0.4, 0.5) is 4.79 Å². The van der Waals surface area contributed by atoms with Crippen LogP contribution >= 0.6 is 45.8 Å². The van der Waals surface area contributed by atoms with Crippen LogP contribution in [0.5, 0.6) is 5.75 Å². The molecule has 0 spiro atoms. The average molecular weight is 561 g/mol. The lowest BCUT2D eigenvalue weighted by Gasteiger charge is -2.11. The molecule has 0 atom stereocenters. The molecule has 1 heterocycles. The maximum absolute atomic E-state index is 12.4. The van der Waals surface area contributed by atoms with Crippen LogP contribution in [-0.2, 0) is 20.9 Å². The summed E-state index contributed by atoms with van der Waals surface area (Å²) in [6, 6.07) is 10.2. The lowest BCUT2D eigenvalue weighted by atomic mass is 10.1. The summed E-state index contributed by atoms with van der Waals surface area (Å²) in [5.74, 6) is -1.05. The van der Waals surface area contributed by atoms with Crippen molar-refractivity contribution in [2.24, 2.45) is 0 Å². The number of halogens is 3. The number of nitrogens with one attached hydrogen (secondary N) is 1. The summed E-state index contributed by atoms with van der Waals surface area (Å²) in [4.78, 5) is 36.4. The lowest BCUT2D eigenvalue weighted by Crippen LogP contribution is -2.36. The molecule has 2 aromatic carbocycles. The number of benzene rings is 2. The number of nitrogens with zero attached hydrogens (tertiary/aromatic N) is 1. The van der Waals surface area contributed by atoms with Crippen LogP contribution in [-0.4, -0.2) is 36.5 Å². The van der Waals surface area contributed by atoms with Crippen LogP contribution in [0.15, 0.2) is 42.1 Å². The van der Waals surface area contributed by atoms with Gasteiger partial charge in [0.25, 0.3) is 5.91 Å². The zero-order valence-electron chi connectivity index (χ0n) is 15.6. The predicted octanol–water partition coefficient (Wildman–Crippen LogP) is 4.24. The van der Waals surface area contributed by atoms with Crippen molar-refractivity contribution < 1.29 is 23.9 Å². The summed E-state index contributed by atoms with van der Waals surface area (Å²) in [5.41, 5.74) is 1.43. The molecule has 0 bridgehead atoms. The third kappa shape index (κ3) is 5.24. The van der Waals surface area contributed by atoms with Crippen LogP contribution < -0.4 is 10.1 Å². The Balaban J connectivity index is 1.76. The highest BCUT2D eigenvalue weighted by Gasteiger charge is 2.35. The Labute approximate surface area is 196 Å². The minimum atomic E-state index is -0.716. The number of methoxy groups -OCH3 is 1. The van der Waals surface area contributed by atoms with Crippen molar-refractivity contribution in [2.75, 3.05) is 13.7 Å². The highest BCUT2D eigenvalue weighted by molar-refractivity contribution is 14.1. The van der Waals surface area contributed by atoms with Gasteiger partial charge >= 0.3 is 12.0 Å². The van der Waals surface area contributed by atoms with E-state index in [0.717, 1.165) is 14.0 Å². The van der Waals surface area contributed by atoms with E-state index >= 15 is 0 Å². The molecule has 1 aliphatic heterocycles. The Kier molecular flexibility index (Phi) is 7.22. The minimum absolute atomic E-state index is 0.0106. The summed E-state index contributed by atoms with van der Waals surface area (Å²) in [7, 11) is 1.17. The van der Waals surface area contributed by atoms with Crippen LogP contribution in [0.1, 0.15) is 11.1 Å². The van der Waals surface area contributed by atoms with E-state index in [9.17, 15) is 14.4 Å². The lowest BCUT2D eigenvalue weighted by molar-refractivity contribution is -0.143. The molecule has 1 N–H and O–H groups in total. The topological polar surface area (TPSA) is 84.9 Å². The van der Waals surface area contributed by atoms with E-state index in [0.29, 0.717) is 11.3 Å². The fourth-order valence-electron chi connectivity index (χ4n) is 2.61. The van der Waals surface area contributed by atoms with Crippen LogP contribution in [0.25, 0.3) is 6.08 Å². The minimum Gasteiger partial charge on any atom is -0.486 e. The number of rotatable bonds is 6. The first-order valence-corrected chi connectivity index (χ1v) is 10.4. The number of hydrogen-bond donors (Lipinski definition) is 1. The molecule has 1 saturated heterocycles. The van der Waals surface area contributed by atoms with E-state index < -0.39 is 24.5 Å².